The van der Waals surface area contributed by atoms with Crippen molar-refractivity contribution in [2.45, 2.75) is 113 Å². The zero-order valence-electron chi connectivity index (χ0n) is 30.3. The van der Waals surface area contributed by atoms with E-state index >= 15 is 0 Å². The third-order valence-corrected chi connectivity index (χ3v) is 15.2. The predicted octanol–water partition coefficient (Wildman–Crippen LogP) is 6.63. The standard InChI is InChI=1S/C37H57NO9S/c1-23(20-46-48(9,42)43)27-12-17-37(22-45-25(3)40)19-18-35(7)28(32(27)37)10-11-30-33(5)15-14-31(38-47-26(4)41)34(6,21-44-24(2)39)29(33)13-16-36(30,35)8/h27-30,32H,1,10-22H2,2-9H3/b38-31-/t27-,28+,29+,30+,32+,33-,34?,35+,36+,37+/m0/s1. The van der Waals surface area contributed by atoms with Crippen LogP contribution in [0, 0.1) is 56.7 Å². The molecule has 270 valence electrons. The summed E-state index contributed by atoms with van der Waals surface area (Å²) in [5.74, 6) is 0.163. The number of fused-ring (bicyclic) bond motifs is 7. The largest absolute Gasteiger partial charge is 0.465 e. The molecule has 5 saturated carbocycles. The molecular weight excluding hydrogens is 634 g/mol. The number of esters is 2. The van der Waals surface area contributed by atoms with Gasteiger partial charge in [-0.05, 0) is 116 Å². The molecule has 48 heavy (non-hydrogen) atoms. The molecule has 5 fully saturated rings. The molecule has 11 heteroatoms. The molecule has 10 nitrogen and oxygen atoms in total. The topological polar surface area (TPSA) is 135 Å². The molecular formula is C37H57NO9S. The third kappa shape index (κ3) is 6.17. The van der Waals surface area contributed by atoms with Crippen molar-refractivity contribution in [3.63, 3.8) is 0 Å². The molecule has 0 spiro atoms. The van der Waals surface area contributed by atoms with E-state index in [0.717, 1.165) is 75.3 Å². The highest BCUT2D eigenvalue weighted by Crippen LogP contribution is 2.77. The van der Waals surface area contributed by atoms with Crippen molar-refractivity contribution >= 4 is 33.7 Å². The molecule has 1 unspecified atom stereocenters. The average molecular weight is 692 g/mol. The van der Waals surface area contributed by atoms with Crippen LogP contribution in [0.15, 0.2) is 17.3 Å². The van der Waals surface area contributed by atoms with Crippen molar-refractivity contribution in [3.8, 4) is 0 Å². The summed E-state index contributed by atoms with van der Waals surface area (Å²) < 4.78 is 40.6. The molecule has 0 radical (unpaired) electrons. The number of oxime groups is 1. The summed E-state index contributed by atoms with van der Waals surface area (Å²) in [5, 5.41) is 4.35. The molecule has 0 heterocycles. The number of rotatable bonds is 9. The van der Waals surface area contributed by atoms with Gasteiger partial charge in [0.1, 0.15) is 6.61 Å². The Morgan fingerprint density at radius 3 is 2.10 bits per heavy atom. The monoisotopic (exact) mass is 691 g/mol. The summed E-state index contributed by atoms with van der Waals surface area (Å²) in [7, 11) is -3.62. The van der Waals surface area contributed by atoms with Gasteiger partial charge in [-0.1, -0.05) is 39.4 Å². The van der Waals surface area contributed by atoms with Crippen LogP contribution in [0.4, 0.5) is 0 Å². The van der Waals surface area contributed by atoms with E-state index in [2.05, 4.69) is 39.4 Å². The highest BCUT2D eigenvalue weighted by atomic mass is 32.2. The first-order valence-electron chi connectivity index (χ1n) is 17.8. The second-order valence-electron chi connectivity index (χ2n) is 16.9. The Hall–Kier alpha value is -2.27. The first-order valence-corrected chi connectivity index (χ1v) is 19.6. The molecule has 0 saturated heterocycles. The maximum Gasteiger partial charge on any atom is 0.331 e. The second-order valence-corrected chi connectivity index (χ2v) is 18.6. The summed E-state index contributed by atoms with van der Waals surface area (Å²) >= 11 is 0. The van der Waals surface area contributed by atoms with Crippen molar-refractivity contribution in [2.75, 3.05) is 26.1 Å². The van der Waals surface area contributed by atoms with E-state index in [4.69, 9.17) is 18.5 Å². The van der Waals surface area contributed by atoms with Gasteiger partial charge in [-0.2, -0.15) is 8.42 Å². The fourth-order valence-electron chi connectivity index (χ4n) is 12.3. The molecule has 0 aromatic heterocycles. The van der Waals surface area contributed by atoms with Crippen LogP contribution in [-0.2, 0) is 43.0 Å². The zero-order chi connectivity index (χ0) is 35.5. The van der Waals surface area contributed by atoms with E-state index in [0.29, 0.717) is 24.9 Å². The van der Waals surface area contributed by atoms with E-state index in [9.17, 15) is 22.8 Å². The average Bonchev–Trinajstić information content (AvgIpc) is 3.37. The second kappa shape index (κ2) is 12.8. The maximum atomic E-state index is 12.1. The molecule has 10 atom stereocenters. The summed E-state index contributed by atoms with van der Waals surface area (Å²) in [6, 6.07) is 0. The lowest BCUT2D eigenvalue weighted by atomic mass is 9.32. The van der Waals surface area contributed by atoms with E-state index < -0.39 is 21.5 Å². The third-order valence-electron chi connectivity index (χ3n) is 14.6. The van der Waals surface area contributed by atoms with Crippen LogP contribution in [-0.4, -0.2) is 58.1 Å². The summed E-state index contributed by atoms with van der Waals surface area (Å²) in [4.78, 5) is 41.1. The Bertz CT molecular complexity index is 1470. The molecule has 5 rings (SSSR count). The van der Waals surface area contributed by atoms with E-state index in [1.807, 2.05) is 0 Å². The van der Waals surface area contributed by atoms with Crippen LogP contribution in [0.25, 0.3) is 0 Å². The normalized spacial score (nSPS) is 42.8. The summed E-state index contributed by atoms with van der Waals surface area (Å²) in [6.45, 7) is 18.8. The first-order chi connectivity index (χ1) is 22.2. The van der Waals surface area contributed by atoms with Crippen LogP contribution < -0.4 is 0 Å². The van der Waals surface area contributed by atoms with Crippen molar-refractivity contribution in [2.24, 2.45) is 61.8 Å². The minimum Gasteiger partial charge on any atom is -0.465 e. The lowest BCUT2D eigenvalue weighted by Gasteiger charge is -2.72. The smallest absolute Gasteiger partial charge is 0.331 e. The highest BCUT2D eigenvalue weighted by molar-refractivity contribution is 7.86. The predicted molar refractivity (Wildman–Crippen MR) is 181 cm³/mol. The van der Waals surface area contributed by atoms with Gasteiger partial charge in [0.05, 0.1) is 25.2 Å². The zero-order valence-corrected chi connectivity index (χ0v) is 31.1. The van der Waals surface area contributed by atoms with Crippen molar-refractivity contribution in [1.82, 2.24) is 0 Å². The van der Waals surface area contributed by atoms with Crippen molar-refractivity contribution < 1.29 is 41.3 Å². The molecule has 0 aromatic rings. The molecule has 0 aliphatic heterocycles. The van der Waals surface area contributed by atoms with Crippen LogP contribution in [0.3, 0.4) is 0 Å². The van der Waals surface area contributed by atoms with Gasteiger partial charge < -0.3 is 14.3 Å². The van der Waals surface area contributed by atoms with Crippen molar-refractivity contribution in [1.29, 1.82) is 0 Å². The molecule has 0 bridgehead atoms. The SMILES string of the molecule is C=C(COS(C)(=O)=O)[C@@H]1CC[C@]2(COC(C)=O)CC[C@]3(C)[C@H](CC[C@@H]4[C@@]5(C)CC/C(=N/OC(C)=O)C(C)(COC(C)=O)[C@@H]5CC[C@]43C)[C@@H]12. The fourth-order valence-corrected chi connectivity index (χ4v) is 12.7. The van der Waals surface area contributed by atoms with Gasteiger partial charge in [0.25, 0.3) is 10.1 Å². The Balaban J connectivity index is 1.51. The van der Waals surface area contributed by atoms with Gasteiger partial charge in [-0.25, -0.2) is 4.79 Å². The summed E-state index contributed by atoms with van der Waals surface area (Å²) in [5.41, 5.74) is 0.824. The minimum absolute atomic E-state index is 0.00671. The van der Waals surface area contributed by atoms with Crippen LogP contribution in [0.1, 0.15) is 113 Å². The van der Waals surface area contributed by atoms with Crippen LogP contribution >= 0.6 is 0 Å². The Labute approximate surface area is 287 Å². The van der Waals surface area contributed by atoms with Gasteiger partial charge >= 0.3 is 17.9 Å². The molecule has 0 aromatic carbocycles. The quantitative estimate of drug-likeness (QED) is 0.0859. The van der Waals surface area contributed by atoms with E-state index in [-0.39, 0.29) is 64.6 Å². The number of carbonyl (C=O) groups excluding carboxylic acids is 3. The Kier molecular flexibility index (Phi) is 9.87. The highest BCUT2D eigenvalue weighted by Gasteiger charge is 2.71. The molecule has 5 aliphatic rings. The Morgan fingerprint density at radius 1 is 0.812 bits per heavy atom. The summed E-state index contributed by atoms with van der Waals surface area (Å²) in [6.07, 6.45) is 10.4. The maximum absolute atomic E-state index is 12.1. The van der Waals surface area contributed by atoms with Gasteiger partial charge in [0.15, 0.2) is 0 Å². The van der Waals surface area contributed by atoms with Crippen LogP contribution in [0.5, 0.6) is 0 Å². The van der Waals surface area contributed by atoms with E-state index in [1.54, 1.807) is 0 Å². The first kappa shape index (κ1) is 37.0. The molecule has 0 amide bonds. The van der Waals surface area contributed by atoms with Crippen LogP contribution in [0.2, 0.25) is 0 Å². The number of ether oxygens (including phenoxy) is 2. The fraction of sp³-hybridized carbons (Fsp3) is 0.838. The number of nitrogens with zero attached hydrogens (tertiary/aromatic N) is 1. The van der Waals surface area contributed by atoms with E-state index in [1.165, 1.54) is 20.8 Å². The number of carbonyl (C=O) groups is 3. The number of hydrogen-bond acceptors (Lipinski definition) is 10. The number of hydrogen-bond donors (Lipinski definition) is 0. The Morgan fingerprint density at radius 2 is 1.48 bits per heavy atom. The van der Waals surface area contributed by atoms with Crippen molar-refractivity contribution in [3.05, 3.63) is 12.2 Å². The lowest BCUT2D eigenvalue weighted by Crippen LogP contribution is -2.67. The molecule has 0 N–H and O–H groups in total. The lowest BCUT2D eigenvalue weighted by molar-refractivity contribution is -0.234. The van der Waals surface area contributed by atoms with Gasteiger partial charge in [0.2, 0.25) is 0 Å². The van der Waals surface area contributed by atoms with Gasteiger partial charge in [0, 0.05) is 31.6 Å². The van der Waals surface area contributed by atoms with Gasteiger partial charge in [-0.15, -0.1) is 0 Å². The molecule has 5 aliphatic carbocycles. The minimum atomic E-state index is -3.62. The van der Waals surface area contributed by atoms with Gasteiger partial charge in [-0.3, -0.25) is 13.8 Å².